The van der Waals surface area contributed by atoms with Crippen molar-refractivity contribution in [2.45, 2.75) is 12.6 Å². The minimum absolute atomic E-state index is 0.292. The third-order valence-corrected chi connectivity index (χ3v) is 5.16. The van der Waals surface area contributed by atoms with Crippen molar-refractivity contribution in [2.75, 3.05) is 5.32 Å². The van der Waals surface area contributed by atoms with Gasteiger partial charge in [-0.05, 0) is 41.5 Å². The summed E-state index contributed by atoms with van der Waals surface area (Å²) in [6.07, 6.45) is 0.490. The highest BCUT2D eigenvalue weighted by atomic mass is 79.9. The Morgan fingerprint density at radius 1 is 1.18 bits per heavy atom. The van der Waals surface area contributed by atoms with Crippen molar-refractivity contribution in [3.05, 3.63) is 86.8 Å². The number of rotatable bonds is 5. The Kier molecular flexibility index (Phi) is 6.31. The summed E-state index contributed by atoms with van der Waals surface area (Å²) in [5, 5.41) is 3.06. The second-order valence-corrected chi connectivity index (χ2v) is 7.91. The topological polar surface area (TPSA) is 42.0 Å². The van der Waals surface area contributed by atoms with Crippen molar-refractivity contribution in [3.63, 3.8) is 0 Å². The third kappa shape index (κ3) is 5.77. The number of amides is 1. The molecule has 0 radical (unpaired) electrons. The molecule has 0 unspecified atom stereocenters. The maximum Gasteiger partial charge on any atom is 0.416 e. The lowest BCUT2D eigenvalue weighted by Crippen LogP contribution is -2.07. The van der Waals surface area contributed by atoms with E-state index < -0.39 is 17.6 Å². The van der Waals surface area contributed by atoms with Gasteiger partial charge in [-0.1, -0.05) is 40.2 Å². The Morgan fingerprint density at radius 2 is 1.93 bits per heavy atom. The summed E-state index contributed by atoms with van der Waals surface area (Å²) in [7, 11) is 0. The fraction of sp³-hybridized carbons (Fsp3) is 0.100. The summed E-state index contributed by atoms with van der Waals surface area (Å²) in [4.78, 5) is 17.2. The van der Waals surface area contributed by atoms with Crippen LogP contribution in [0.15, 0.2) is 65.3 Å². The molecule has 144 valence electrons. The fourth-order valence-corrected chi connectivity index (χ4v) is 3.50. The van der Waals surface area contributed by atoms with E-state index in [1.54, 1.807) is 6.20 Å². The van der Waals surface area contributed by atoms with E-state index in [2.05, 4.69) is 26.2 Å². The van der Waals surface area contributed by atoms with Gasteiger partial charge in [0.1, 0.15) is 0 Å². The van der Waals surface area contributed by atoms with Crippen molar-refractivity contribution in [1.29, 1.82) is 0 Å². The van der Waals surface area contributed by atoms with Crippen molar-refractivity contribution in [1.82, 2.24) is 4.98 Å². The fourth-order valence-electron chi connectivity index (χ4n) is 2.39. The summed E-state index contributed by atoms with van der Waals surface area (Å²) in [5.41, 5.74) is 0.654. The van der Waals surface area contributed by atoms with Gasteiger partial charge in [-0.3, -0.25) is 10.1 Å². The molecule has 1 amide bonds. The highest BCUT2D eigenvalue weighted by molar-refractivity contribution is 9.10. The molecule has 8 heteroatoms. The molecule has 0 aliphatic rings. The highest BCUT2D eigenvalue weighted by Crippen LogP contribution is 2.29. The van der Waals surface area contributed by atoms with E-state index in [4.69, 9.17) is 0 Å². The Bertz CT molecular complexity index is 997. The Balaban J connectivity index is 1.60. The molecule has 0 saturated heterocycles. The van der Waals surface area contributed by atoms with Gasteiger partial charge in [0.25, 0.3) is 0 Å². The monoisotopic (exact) mass is 466 g/mol. The molecule has 0 saturated carbocycles. The van der Waals surface area contributed by atoms with Crippen LogP contribution >= 0.6 is 27.3 Å². The number of benzene rings is 2. The molecule has 28 heavy (non-hydrogen) atoms. The molecular weight excluding hydrogens is 453 g/mol. The van der Waals surface area contributed by atoms with Crippen LogP contribution in [0, 0.1) is 0 Å². The number of nitrogens with one attached hydrogen (secondary N) is 1. The number of halogens is 4. The molecule has 0 aliphatic heterocycles. The SMILES string of the molecule is O=C(/C=C/c1cccc(C(F)(F)F)c1)Nc1ncc(Cc2ccc(Br)cc2)s1. The largest absolute Gasteiger partial charge is 0.416 e. The molecule has 0 aliphatic carbocycles. The number of thiazole rings is 1. The van der Waals surface area contributed by atoms with Crippen LogP contribution in [0.1, 0.15) is 21.6 Å². The minimum atomic E-state index is -4.42. The quantitative estimate of drug-likeness (QED) is 0.457. The number of anilines is 1. The molecule has 2 aromatic carbocycles. The lowest BCUT2D eigenvalue weighted by atomic mass is 10.1. The number of alkyl halides is 3. The second-order valence-electron chi connectivity index (χ2n) is 5.88. The van der Waals surface area contributed by atoms with Crippen LogP contribution in [-0.4, -0.2) is 10.9 Å². The zero-order chi connectivity index (χ0) is 20.1. The van der Waals surface area contributed by atoms with Crippen LogP contribution in [0.4, 0.5) is 18.3 Å². The molecule has 3 aromatic rings. The van der Waals surface area contributed by atoms with Gasteiger partial charge in [-0.15, -0.1) is 11.3 Å². The number of nitrogens with zero attached hydrogens (tertiary/aromatic N) is 1. The molecule has 1 heterocycles. The van der Waals surface area contributed by atoms with Crippen LogP contribution in [0.25, 0.3) is 6.08 Å². The predicted octanol–water partition coefficient (Wildman–Crippen LogP) is 6.17. The maximum atomic E-state index is 12.7. The minimum Gasteiger partial charge on any atom is -0.298 e. The lowest BCUT2D eigenvalue weighted by Gasteiger charge is -2.06. The predicted molar refractivity (Wildman–Crippen MR) is 108 cm³/mol. The van der Waals surface area contributed by atoms with E-state index in [1.807, 2.05) is 24.3 Å². The molecule has 0 atom stereocenters. The molecule has 1 aromatic heterocycles. The molecule has 0 spiro atoms. The standard InChI is InChI=1S/C20H14BrF3N2OS/c21-16-7-4-14(5-8-16)11-17-12-25-19(28-17)26-18(27)9-6-13-2-1-3-15(10-13)20(22,23)24/h1-10,12H,11H2,(H,25,26,27)/b9-6+. The van der Waals surface area contributed by atoms with Gasteiger partial charge < -0.3 is 0 Å². The van der Waals surface area contributed by atoms with E-state index >= 15 is 0 Å². The second kappa shape index (κ2) is 8.70. The van der Waals surface area contributed by atoms with Crippen molar-refractivity contribution in [3.8, 4) is 0 Å². The van der Waals surface area contributed by atoms with E-state index in [0.29, 0.717) is 17.1 Å². The Labute approximate surface area is 172 Å². The van der Waals surface area contributed by atoms with Crippen LogP contribution in [0.3, 0.4) is 0 Å². The number of hydrogen-bond acceptors (Lipinski definition) is 3. The molecule has 0 bridgehead atoms. The van der Waals surface area contributed by atoms with Crippen LogP contribution < -0.4 is 5.32 Å². The molecule has 0 fully saturated rings. The molecular formula is C20H14BrF3N2OS. The summed E-state index contributed by atoms with van der Waals surface area (Å²) < 4.78 is 39.2. The number of carbonyl (C=O) groups is 1. The zero-order valence-electron chi connectivity index (χ0n) is 14.3. The first-order valence-electron chi connectivity index (χ1n) is 8.15. The average Bonchev–Trinajstić information content (AvgIpc) is 3.08. The van der Waals surface area contributed by atoms with Crippen molar-refractivity contribution in [2.24, 2.45) is 0 Å². The van der Waals surface area contributed by atoms with E-state index in [9.17, 15) is 18.0 Å². The van der Waals surface area contributed by atoms with Gasteiger partial charge in [0, 0.05) is 28.0 Å². The Hall–Kier alpha value is -2.45. The van der Waals surface area contributed by atoms with Gasteiger partial charge in [-0.25, -0.2) is 4.98 Å². The normalized spacial score (nSPS) is 11.7. The van der Waals surface area contributed by atoms with Crippen molar-refractivity contribution < 1.29 is 18.0 Å². The summed E-state index contributed by atoms with van der Waals surface area (Å²) in [5.74, 6) is -0.457. The molecule has 3 rings (SSSR count). The first-order valence-corrected chi connectivity index (χ1v) is 9.76. The number of hydrogen-bond donors (Lipinski definition) is 1. The average molecular weight is 467 g/mol. The molecule has 1 N–H and O–H groups in total. The van der Waals surface area contributed by atoms with Gasteiger partial charge in [0.2, 0.25) is 5.91 Å². The van der Waals surface area contributed by atoms with E-state index in [1.165, 1.54) is 35.6 Å². The third-order valence-electron chi connectivity index (χ3n) is 3.72. The summed E-state index contributed by atoms with van der Waals surface area (Å²) >= 11 is 4.74. The summed E-state index contributed by atoms with van der Waals surface area (Å²) in [6, 6.07) is 12.7. The zero-order valence-corrected chi connectivity index (χ0v) is 16.7. The van der Waals surface area contributed by atoms with E-state index in [0.717, 1.165) is 27.0 Å². The summed E-state index contributed by atoms with van der Waals surface area (Å²) in [6.45, 7) is 0. The van der Waals surface area contributed by atoms with Crippen molar-refractivity contribution >= 4 is 44.4 Å². The first-order chi connectivity index (χ1) is 13.3. The first kappa shape index (κ1) is 20.3. The van der Waals surface area contributed by atoms with Crippen LogP contribution in [-0.2, 0) is 17.4 Å². The van der Waals surface area contributed by atoms with Gasteiger partial charge in [-0.2, -0.15) is 13.2 Å². The van der Waals surface area contributed by atoms with E-state index in [-0.39, 0.29) is 0 Å². The van der Waals surface area contributed by atoms with Crippen LogP contribution in [0.2, 0.25) is 0 Å². The smallest absolute Gasteiger partial charge is 0.298 e. The number of carbonyl (C=O) groups excluding carboxylic acids is 1. The molecule has 3 nitrogen and oxygen atoms in total. The van der Waals surface area contributed by atoms with Gasteiger partial charge in [0.15, 0.2) is 5.13 Å². The van der Waals surface area contributed by atoms with Gasteiger partial charge >= 0.3 is 6.18 Å². The highest BCUT2D eigenvalue weighted by Gasteiger charge is 2.30. The number of aromatic nitrogens is 1. The lowest BCUT2D eigenvalue weighted by molar-refractivity contribution is -0.137. The maximum absolute atomic E-state index is 12.7. The van der Waals surface area contributed by atoms with Gasteiger partial charge in [0.05, 0.1) is 5.56 Å². The van der Waals surface area contributed by atoms with Crippen LogP contribution in [0.5, 0.6) is 0 Å². The Morgan fingerprint density at radius 3 is 2.64 bits per heavy atom.